The molecule has 1 N–H and O–H groups in total. The van der Waals surface area contributed by atoms with Gasteiger partial charge in [0, 0.05) is 36.0 Å². The van der Waals surface area contributed by atoms with E-state index in [2.05, 4.69) is 15.6 Å². The molecule has 0 unspecified atom stereocenters. The second-order valence-electron chi connectivity index (χ2n) is 5.87. The molecule has 3 aromatic rings. The van der Waals surface area contributed by atoms with Crippen LogP contribution >= 0.6 is 0 Å². The highest BCUT2D eigenvalue weighted by Gasteiger charge is 2.10. The van der Waals surface area contributed by atoms with Gasteiger partial charge in [0.05, 0.1) is 22.6 Å². The van der Waals surface area contributed by atoms with Crippen molar-refractivity contribution >= 4 is 23.5 Å². The van der Waals surface area contributed by atoms with Gasteiger partial charge in [-0.15, -0.1) is 0 Å². The zero-order chi connectivity index (χ0) is 20.8. The third-order valence-corrected chi connectivity index (χ3v) is 3.83. The number of amides is 1. The van der Waals surface area contributed by atoms with Gasteiger partial charge < -0.3 is 0 Å². The molecule has 0 aliphatic heterocycles. The molecular formula is C18H14N6O5. The first-order chi connectivity index (χ1) is 13.9. The summed E-state index contributed by atoms with van der Waals surface area (Å²) in [5, 5.41) is 29.3. The van der Waals surface area contributed by atoms with Gasteiger partial charge in [0.2, 0.25) is 0 Å². The van der Waals surface area contributed by atoms with Crippen LogP contribution in [-0.2, 0) is 6.54 Å². The number of hydrogen-bond donors (Lipinski definition) is 1. The number of non-ortho nitro benzene ring substituents is 2. The van der Waals surface area contributed by atoms with E-state index in [9.17, 15) is 25.0 Å². The predicted molar refractivity (Wildman–Crippen MR) is 103 cm³/mol. The van der Waals surface area contributed by atoms with E-state index >= 15 is 0 Å². The predicted octanol–water partition coefficient (Wildman–Crippen LogP) is 2.51. The fraction of sp³-hybridized carbons (Fsp3) is 0.0556. The van der Waals surface area contributed by atoms with Crippen LogP contribution in [0.2, 0.25) is 0 Å². The summed E-state index contributed by atoms with van der Waals surface area (Å²) in [7, 11) is 0. The minimum atomic E-state index is -0.547. The van der Waals surface area contributed by atoms with E-state index in [1.54, 1.807) is 24.4 Å². The summed E-state index contributed by atoms with van der Waals surface area (Å²) in [4.78, 5) is 32.5. The Kier molecular flexibility index (Phi) is 5.69. The molecule has 0 atom stereocenters. The number of carbonyl (C=O) groups is 1. The molecule has 0 fully saturated rings. The molecule has 3 rings (SSSR count). The minimum absolute atomic E-state index is 0.00380. The molecule has 29 heavy (non-hydrogen) atoms. The van der Waals surface area contributed by atoms with E-state index in [0.29, 0.717) is 12.1 Å². The first kappa shape index (κ1) is 19.4. The summed E-state index contributed by atoms with van der Waals surface area (Å²) >= 11 is 0. The van der Waals surface area contributed by atoms with E-state index < -0.39 is 15.8 Å². The van der Waals surface area contributed by atoms with Crippen molar-refractivity contribution in [3.05, 3.63) is 97.8 Å². The molecule has 146 valence electrons. The van der Waals surface area contributed by atoms with Crippen molar-refractivity contribution in [1.82, 2.24) is 15.2 Å². The Morgan fingerprint density at radius 1 is 1.07 bits per heavy atom. The molecule has 0 aliphatic carbocycles. The Balaban J connectivity index is 1.59. The third kappa shape index (κ3) is 5.07. The molecule has 11 nitrogen and oxygen atoms in total. The van der Waals surface area contributed by atoms with Crippen molar-refractivity contribution in [3.63, 3.8) is 0 Å². The van der Waals surface area contributed by atoms with Gasteiger partial charge in [0.15, 0.2) is 5.69 Å². The Labute approximate surface area is 163 Å². The topological polar surface area (TPSA) is 146 Å². The normalized spacial score (nSPS) is 10.8. The highest BCUT2D eigenvalue weighted by atomic mass is 16.6. The number of nitrogens with zero attached hydrogens (tertiary/aromatic N) is 5. The summed E-state index contributed by atoms with van der Waals surface area (Å²) in [6.45, 7) is 0.336. The van der Waals surface area contributed by atoms with Gasteiger partial charge in [-0.2, -0.15) is 10.2 Å². The van der Waals surface area contributed by atoms with Crippen LogP contribution in [-0.4, -0.2) is 31.7 Å². The molecular weight excluding hydrogens is 380 g/mol. The molecule has 0 aliphatic rings. The van der Waals surface area contributed by atoms with Crippen molar-refractivity contribution in [3.8, 4) is 0 Å². The maximum atomic E-state index is 12.1. The van der Waals surface area contributed by atoms with E-state index in [1.165, 1.54) is 47.3 Å². The van der Waals surface area contributed by atoms with Crippen molar-refractivity contribution < 1.29 is 14.6 Å². The van der Waals surface area contributed by atoms with Gasteiger partial charge >= 0.3 is 0 Å². The first-order valence-electron chi connectivity index (χ1n) is 8.27. The molecule has 0 saturated heterocycles. The Bertz CT molecular complexity index is 1090. The average Bonchev–Trinajstić information content (AvgIpc) is 3.17. The molecule has 2 aromatic carbocycles. The second-order valence-corrected chi connectivity index (χ2v) is 5.87. The number of rotatable bonds is 7. The Morgan fingerprint density at radius 2 is 1.79 bits per heavy atom. The lowest BCUT2D eigenvalue weighted by atomic mass is 10.2. The SMILES string of the molecule is O=C(NN=Cc1cccc([N+](=O)[O-])c1)c1ccn(Cc2ccc([N+](=O)[O-])cc2)n1. The van der Waals surface area contributed by atoms with Crippen molar-refractivity contribution in [2.45, 2.75) is 6.54 Å². The minimum Gasteiger partial charge on any atom is -0.268 e. The van der Waals surface area contributed by atoms with Crippen molar-refractivity contribution in [1.29, 1.82) is 0 Å². The van der Waals surface area contributed by atoms with Gasteiger partial charge in [0.1, 0.15) is 0 Å². The maximum absolute atomic E-state index is 12.1. The van der Waals surface area contributed by atoms with Gasteiger partial charge in [-0.3, -0.25) is 29.7 Å². The van der Waals surface area contributed by atoms with E-state index in [-0.39, 0.29) is 17.1 Å². The molecule has 0 saturated carbocycles. The Morgan fingerprint density at radius 3 is 2.48 bits per heavy atom. The number of nitrogens with one attached hydrogen (secondary N) is 1. The summed E-state index contributed by atoms with van der Waals surface area (Å²) in [6.07, 6.45) is 2.89. The number of hydrazone groups is 1. The van der Waals surface area contributed by atoms with Crippen LogP contribution in [0.3, 0.4) is 0 Å². The van der Waals surface area contributed by atoms with Crippen LogP contribution in [0.5, 0.6) is 0 Å². The fourth-order valence-corrected chi connectivity index (χ4v) is 2.42. The molecule has 0 bridgehead atoms. The zero-order valence-electron chi connectivity index (χ0n) is 14.8. The van der Waals surface area contributed by atoms with Crippen LogP contribution < -0.4 is 5.43 Å². The van der Waals surface area contributed by atoms with Crippen molar-refractivity contribution in [2.24, 2.45) is 5.10 Å². The molecule has 1 amide bonds. The van der Waals surface area contributed by atoms with Gasteiger partial charge in [0.25, 0.3) is 17.3 Å². The Hall–Kier alpha value is -4.41. The van der Waals surface area contributed by atoms with E-state index in [4.69, 9.17) is 0 Å². The molecule has 11 heteroatoms. The van der Waals surface area contributed by atoms with E-state index in [1.807, 2.05) is 0 Å². The second kappa shape index (κ2) is 8.52. The lowest BCUT2D eigenvalue weighted by molar-refractivity contribution is -0.385. The summed E-state index contributed by atoms with van der Waals surface area (Å²) in [5.41, 5.74) is 3.60. The molecule has 0 spiro atoms. The molecule has 1 aromatic heterocycles. The first-order valence-corrected chi connectivity index (χ1v) is 8.27. The number of nitro benzene ring substituents is 2. The lowest BCUT2D eigenvalue weighted by Gasteiger charge is -2.01. The lowest BCUT2D eigenvalue weighted by Crippen LogP contribution is -2.18. The largest absolute Gasteiger partial charge is 0.291 e. The number of benzene rings is 2. The highest BCUT2D eigenvalue weighted by Crippen LogP contribution is 2.13. The van der Waals surface area contributed by atoms with Gasteiger partial charge in [-0.1, -0.05) is 24.3 Å². The fourth-order valence-electron chi connectivity index (χ4n) is 2.42. The van der Waals surface area contributed by atoms with Gasteiger partial charge in [-0.25, -0.2) is 5.43 Å². The smallest absolute Gasteiger partial charge is 0.268 e. The van der Waals surface area contributed by atoms with Gasteiger partial charge in [-0.05, 0) is 11.6 Å². The zero-order valence-corrected chi connectivity index (χ0v) is 14.8. The van der Waals surface area contributed by atoms with Crippen LogP contribution in [0.25, 0.3) is 0 Å². The number of aromatic nitrogens is 2. The quantitative estimate of drug-likeness (QED) is 0.370. The van der Waals surface area contributed by atoms with Crippen molar-refractivity contribution in [2.75, 3.05) is 0 Å². The third-order valence-electron chi connectivity index (χ3n) is 3.83. The monoisotopic (exact) mass is 394 g/mol. The van der Waals surface area contributed by atoms with Crippen LogP contribution in [0.1, 0.15) is 21.6 Å². The molecule has 0 radical (unpaired) electrons. The average molecular weight is 394 g/mol. The van der Waals surface area contributed by atoms with Crippen LogP contribution in [0.4, 0.5) is 11.4 Å². The number of carbonyl (C=O) groups excluding carboxylic acids is 1. The molecule has 1 heterocycles. The number of nitro groups is 2. The highest BCUT2D eigenvalue weighted by molar-refractivity contribution is 5.93. The summed E-state index contributed by atoms with van der Waals surface area (Å²) in [5.74, 6) is -0.547. The standard InChI is InChI=1S/C18H14N6O5/c25-18(20-19-11-14-2-1-3-16(10-14)24(28)29)17-8-9-22(21-17)12-13-4-6-15(7-5-13)23(26)27/h1-11H,12H2,(H,20,25). The number of hydrogen-bond acceptors (Lipinski definition) is 7. The maximum Gasteiger partial charge on any atom is 0.291 e. The van der Waals surface area contributed by atoms with Crippen LogP contribution in [0.15, 0.2) is 65.9 Å². The summed E-state index contributed by atoms with van der Waals surface area (Å²) < 4.78 is 1.51. The van der Waals surface area contributed by atoms with Crippen LogP contribution in [0, 0.1) is 20.2 Å². The summed E-state index contributed by atoms with van der Waals surface area (Å²) in [6, 6.07) is 13.3. The van der Waals surface area contributed by atoms with E-state index in [0.717, 1.165) is 5.56 Å².